The van der Waals surface area contributed by atoms with Crippen LogP contribution in [0.5, 0.6) is 11.5 Å². The number of esters is 1. The molecule has 156 valence electrons. The Kier molecular flexibility index (Phi) is 5.17. The predicted octanol–water partition coefficient (Wildman–Crippen LogP) is 1.83. The van der Waals surface area contributed by atoms with Gasteiger partial charge in [0.15, 0.2) is 22.9 Å². The summed E-state index contributed by atoms with van der Waals surface area (Å²) in [5, 5.41) is 11.3. The molecule has 1 N–H and O–H groups in total. The fraction of sp³-hybridized carbons (Fsp3) is 0.318. The van der Waals surface area contributed by atoms with E-state index in [1.54, 1.807) is 49.4 Å². The van der Waals surface area contributed by atoms with Gasteiger partial charge in [0.1, 0.15) is 19.8 Å². The first-order valence-electron chi connectivity index (χ1n) is 9.66. The van der Waals surface area contributed by atoms with Gasteiger partial charge in [-0.15, -0.1) is 0 Å². The second kappa shape index (κ2) is 7.79. The van der Waals surface area contributed by atoms with Gasteiger partial charge in [-0.05, 0) is 31.2 Å². The summed E-state index contributed by atoms with van der Waals surface area (Å²) in [6.45, 7) is 2.31. The Hall–Kier alpha value is -3.39. The molecule has 2 heterocycles. The summed E-state index contributed by atoms with van der Waals surface area (Å²) in [5.41, 5.74) is -1.12. The average molecular weight is 411 g/mol. The number of benzene rings is 2. The molecule has 2 aromatic rings. The van der Waals surface area contributed by atoms with Crippen LogP contribution >= 0.6 is 0 Å². The summed E-state index contributed by atoms with van der Waals surface area (Å²) in [5.74, 6) is -0.776. The maximum absolute atomic E-state index is 13.1. The third-order valence-electron chi connectivity index (χ3n) is 5.11. The lowest BCUT2D eigenvalue weighted by Gasteiger charge is -2.23. The van der Waals surface area contributed by atoms with Crippen molar-refractivity contribution in [3.05, 3.63) is 53.6 Å². The minimum Gasteiger partial charge on any atom is -0.486 e. The van der Waals surface area contributed by atoms with Crippen LogP contribution in [0.4, 0.5) is 5.69 Å². The second-order valence-electron chi connectivity index (χ2n) is 7.03. The van der Waals surface area contributed by atoms with Crippen LogP contribution in [0.25, 0.3) is 0 Å². The average Bonchev–Trinajstić information content (AvgIpc) is 2.95. The first kappa shape index (κ1) is 19.9. The number of nitrogens with zero attached hydrogens (tertiary/aromatic N) is 1. The van der Waals surface area contributed by atoms with Gasteiger partial charge >= 0.3 is 5.97 Å². The molecular weight excluding hydrogens is 390 g/mol. The predicted molar refractivity (Wildman–Crippen MR) is 106 cm³/mol. The van der Waals surface area contributed by atoms with Gasteiger partial charge in [0.25, 0.3) is 5.91 Å². The molecule has 8 nitrogen and oxygen atoms in total. The molecule has 2 aromatic carbocycles. The molecule has 0 aliphatic carbocycles. The monoisotopic (exact) mass is 411 g/mol. The van der Waals surface area contributed by atoms with Crippen molar-refractivity contribution in [3.8, 4) is 11.5 Å². The number of carbonyl (C=O) groups excluding carboxylic acids is 3. The number of Topliss-reactive ketones (excluding diaryl/α,β-unsaturated/α-hetero) is 1. The first-order valence-corrected chi connectivity index (χ1v) is 9.66. The van der Waals surface area contributed by atoms with Crippen molar-refractivity contribution >= 4 is 23.3 Å². The normalized spacial score (nSPS) is 19.4. The van der Waals surface area contributed by atoms with Crippen molar-refractivity contribution in [1.29, 1.82) is 0 Å². The quantitative estimate of drug-likeness (QED) is 0.571. The molecule has 0 aromatic heterocycles. The fourth-order valence-corrected chi connectivity index (χ4v) is 3.72. The van der Waals surface area contributed by atoms with Crippen LogP contribution in [0, 0.1) is 0 Å². The summed E-state index contributed by atoms with van der Waals surface area (Å²) >= 11 is 0. The Labute approximate surface area is 173 Å². The number of carbonyl (C=O) groups is 3. The van der Waals surface area contributed by atoms with Crippen molar-refractivity contribution in [2.75, 3.05) is 31.3 Å². The maximum Gasteiger partial charge on any atom is 0.326 e. The smallest absolute Gasteiger partial charge is 0.326 e. The number of ether oxygens (including phenoxy) is 3. The summed E-state index contributed by atoms with van der Waals surface area (Å²) in [6.07, 6.45) is -0.470. The van der Waals surface area contributed by atoms with Gasteiger partial charge in [0.05, 0.1) is 18.7 Å². The molecule has 0 saturated heterocycles. The van der Waals surface area contributed by atoms with E-state index in [0.717, 1.165) is 4.90 Å². The van der Waals surface area contributed by atoms with Crippen molar-refractivity contribution in [3.63, 3.8) is 0 Å². The lowest BCUT2D eigenvalue weighted by atomic mass is 9.88. The van der Waals surface area contributed by atoms with Crippen LogP contribution in [0.2, 0.25) is 0 Å². The lowest BCUT2D eigenvalue weighted by Crippen LogP contribution is -2.44. The van der Waals surface area contributed by atoms with Crippen LogP contribution in [-0.4, -0.2) is 49.1 Å². The van der Waals surface area contributed by atoms with E-state index in [1.807, 2.05) is 0 Å². The Morgan fingerprint density at radius 1 is 1.13 bits per heavy atom. The highest BCUT2D eigenvalue weighted by atomic mass is 16.6. The zero-order chi connectivity index (χ0) is 21.3. The molecule has 2 aliphatic rings. The molecule has 0 bridgehead atoms. The zero-order valence-corrected chi connectivity index (χ0v) is 16.4. The number of fused-ring (bicyclic) bond motifs is 2. The number of hydrogen-bond acceptors (Lipinski definition) is 7. The number of amides is 1. The van der Waals surface area contributed by atoms with E-state index in [2.05, 4.69) is 0 Å². The molecule has 0 fully saturated rings. The third-order valence-corrected chi connectivity index (χ3v) is 5.11. The molecule has 0 saturated carbocycles. The van der Waals surface area contributed by atoms with Gasteiger partial charge in [-0.25, -0.2) is 0 Å². The summed E-state index contributed by atoms with van der Waals surface area (Å²) < 4.78 is 15.9. The zero-order valence-electron chi connectivity index (χ0n) is 16.4. The van der Waals surface area contributed by atoms with Crippen LogP contribution in [-0.2, 0) is 19.9 Å². The number of ketones is 1. The SMILES string of the molecule is CCOC(=O)CN1C(=O)[C@](O)(CC(=O)c2ccc3c(c2)OCCO3)c2ccccc21. The standard InChI is InChI=1S/C22H21NO7/c1-2-28-20(25)13-23-16-6-4-3-5-15(16)22(27,21(23)26)12-17(24)14-7-8-18-19(11-14)30-10-9-29-18/h3-8,11,27H,2,9-10,12-13H2,1H3/t22-/m0/s1. The molecule has 0 spiro atoms. The van der Waals surface area contributed by atoms with Gasteiger partial charge in [-0.2, -0.15) is 0 Å². The number of para-hydroxylation sites is 1. The third kappa shape index (κ3) is 3.39. The molecular formula is C22H21NO7. The Morgan fingerprint density at radius 2 is 1.87 bits per heavy atom. The van der Waals surface area contributed by atoms with Crippen LogP contribution in [0.1, 0.15) is 29.3 Å². The Balaban J connectivity index is 1.62. The highest BCUT2D eigenvalue weighted by molar-refractivity contribution is 6.12. The Morgan fingerprint density at radius 3 is 2.63 bits per heavy atom. The summed E-state index contributed by atoms with van der Waals surface area (Å²) in [4.78, 5) is 39.2. The van der Waals surface area contributed by atoms with Crippen molar-refractivity contribution in [1.82, 2.24) is 0 Å². The van der Waals surface area contributed by atoms with Crippen LogP contribution in [0.3, 0.4) is 0 Å². The molecule has 8 heteroatoms. The summed E-state index contributed by atoms with van der Waals surface area (Å²) in [7, 11) is 0. The fourth-order valence-electron chi connectivity index (χ4n) is 3.72. The van der Waals surface area contributed by atoms with Crippen molar-refractivity contribution < 1.29 is 33.7 Å². The Bertz CT molecular complexity index is 1020. The van der Waals surface area contributed by atoms with E-state index in [-0.39, 0.29) is 18.7 Å². The number of aliphatic hydroxyl groups is 1. The van der Waals surface area contributed by atoms with E-state index < -0.39 is 29.7 Å². The van der Waals surface area contributed by atoms with Crippen molar-refractivity contribution in [2.45, 2.75) is 18.9 Å². The maximum atomic E-state index is 13.1. The molecule has 1 amide bonds. The minimum absolute atomic E-state index is 0.176. The van der Waals surface area contributed by atoms with Crippen LogP contribution in [0.15, 0.2) is 42.5 Å². The molecule has 0 radical (unpaired) electrons. The number of anilines is 1. The highest BCUT2D eigenvalue weighted by Gasteiger charge is 2.51. The highest BCUT2D eigenvalue weighted by Crippen LogP contribution is 2.43. The second-order valence-corrected chi connectivity index (χ2v) is 7.03. The van der Waals surface area contributed by atoms with Gasteiger partial charge in [0.2, 0.25) is 0 Å². The molecule has 2 aliphatic heterocycles. The summed E-state index contributed by atoms with van der Waals surface area (Å²) in [6, 6.07) is 11.3. The van der Waals surface area contributed by atoms with Crippen LogP contribution < -0.4 is 14.4 Å². The van der Waals surface area contributed by atoms with E-state index in [1.165, 1.54) is 0 Å². The van der Waals surface area contributed by atoms with E-state index >= 15 is 0 Å². The van der Waals surface area contributed by atoms with Gasteiger partial charge in [-0.3, -0.25) is 19.3 Å². The van der Waals surface area contributed by atoms with E-state index in [9.17, 15) is 19.5 Å². The van der Waals surface area contributed by atoms with E-state index in [4.69, 9.17) is 14.2 Å². The van der Waals surface area contributed by atoms with Gasteiger partial charge < -0.3 is 19.3 Å². The minimum atomic E-state index is -2.08. The molecule has 0 unspecified atom stereocenters. The molecule has 30 heavy (non-hydrogen) atoms. The molecule has 4 rings (SSSR count). The largest absolute Gasteiger partial charge is 0.486 e. The van der Waals surface area contributed by atoms with Gasteiger partial charge in [0, 0.05) is 11.1 Å². The van der Waals surface area contributed by atoms with Gasteiger partial charge in [-0.1, -0.05) is 18.2 Å². The first-order chi connectivity index (χ1) is 14.4. The molecule has 1 atom stereocenters. The number of rotatable bonds is 6. The van der Waals surface area contributed by atoms with E-state index in [0.29, 0.717) is 36.0 Å². The number of hydrogen-bond donors (Lipinski definition) is 1. The lowest BCUT2D eigenvalue weighted by molar-refractivity contribution is -0.144. The van der Waals surface area contributed by atoms with Crippen molar-refractivity contribution in [2.24, 2.45) is 0 Å². The topological polar surface area (TPSA) is 102 Å².